The Morgan fingerprint density at radius 3 is 2.53 bits per heavy atom. The van der Waals surface area contributed by atoms with Crippen molar-refractivity contribution in [1.82, 2.24) is 0 Å². The van der Waals surface area contributed by atoms with Gasteiger partial charge in [0.25, 0.3) is 10.0 Å². The number of hydrogen-bond acceptors (Lipinski definition) is 3. The van der Waals surface area contributed by atoms with E-state index in [4.69, 9.17) is 17.3 Å². The molecule has 0 unspecified atom stereocenters. The van der Waals surface area contributed by atoms with Crippen molar-refractivity contribution in [1.29, 1.82) is 0 Å². The monoisotopic (exact) mass is 300 g/mol. The highest BCUT2D eigenvalue weighted by Gasteiger charge is 2.19. The van der Waals surface area contributed by atoms with Crippen LogP contribution in [0.25, 0.3) is 0 Å². The van der Waals surface area contributed by atoms with E-state index < -0.39 is 20.7 Å². The van der Waals surface area contributed by atoms with Gasteiger partial charge in [-0.1, -0.05) is 23.7 Å². The molecule has 2 aromatic carbocycles. The van der Waals surface area contributed by atoms with E-state index in [1.807, 2.05) is 0 Å². The summed E-state index contributed by atoms with van der Waals surface area (Å²) >= 11 is 5.85. The summed E-state index contributed by atoms with van der Waals surface area (Å²) in [4.78, 5) is -0.450. The fourth-order valence-electron chi connectivity index (χ4n) is 1.48. The van der Waals surface area contributed by atoms with E-state index in [1.54, 1.807) is 0 Å². The third kappa shape index (κ3) is 2.97. The fraction of sp³-hybridized carbons (Fsp3) is 0. The minimum Gasteiger partial charge on any atom is -0.399 e. The molecule has 0 heterocycles. The van der Waals surface area contributed by atoms with Crippen LogP contribution >= 0.6 is 11.6 Å². The Kier molecular flexibility index (Phi) is 3.64. The standard InChI is InChI=1S/C12H10ClFN2O2S/c13-9-6-5-8(15)7-11(9)16-19(17,18)12-4-2-1-3-10(12)14/h1-7,16H,15H2. The van der Waals surface area contributed by atoms with Crippen molar-refractivity contribution in [2.45, 2.75) is 4.90 Å². The first kappa shape index (κ1) is 13.6. The molecule has 3 N–H and O–H groups in total. The van der Waals surface area contributed by atoms with Crippen molar-refractivity contribution in [3.63, 3.8) is 0 Å². The van der Waals surface area contributed by atoms with Crippen LogP contribution in [0.15, 0.2) is 47.4 Å². The van der Waals surface area contributed by atoms with Gasteiger partial charge < -0.3 is 5.73 Å². The Labute approximate surface area is 115 Å². The lowest BCUT2D eigenvalue weighted by atomic mass is 10.3. The first-order valence-corrected chi connectivity index (χ1v) is 7.08. The van der Waals surface area contributed by atoms with Crippen LogP contribution in [0.5, 0.6) is 0 Å². The third-order valence-corrected chi connectivity index (χ3v) is 4.09. The Bertz CT molecular complexity index is 719. The molecule has 0 bridgehead atoms. The maximum Gasteiger partial charge on any atom is 0.264 e. The van der Waals surface area contributed by atoms with Gasteiger partial charge in [0.2, 0.25) is 0 Å². The summed E-state index contributed by atoms with van der Waals surface area (Å²) in [6.07, 6.45) is 0. The van der Waals surface area contributed by atoms with Crippen LogP contribution in [0.3, 0.4) is 0 Å². The summed E-state index contributed by atoms with van der Waals surface area (Å²) in [6, 6.07) is 9.41. The predicted octanol–water partition coefficient (Wildman–Crippen LogP) is 2.86. The zero-order chi connectivity index (χ0) is 14.0. The Morgan fingerprint density at radius 2 is 1.84 bits per heavy atom. The summed E-state index contributed by atoms with van der Waals surface area (Å²) in [5, 5.41) is 0.175. The molecule has 0 aromatic heterocycles. The van der Waals surface area contributed by atoms with E-state index in [0.717, 1.165) is 12.1 Å². The Hall–Kier alpha value is -1.79. The number of anilines is 2. The van der Waals surface area contributed by atoms with E-state index in [0.29, 0.717) is 5.69 Å². The van der Waals surface area contributed by atoms with Crippen LogP contribution in [0.2, 0.25) is 5.02 Å². The average molecular weight is 301 g/mol. The molecular formula is C12H10ClFN2O2S. The van der Waals surface area contributed by atoms with Crippen LogP contribution in [-0.4, -0.2) is 8.42 Å². The van der Waals surface area contributed by atoms with E-state index in [9.17, 15) is 12.8 Å². The van der Waals surface area contributed by atoms with E-state index in [2.05, 4.69) is 4.72 Å². The van der Waals surface area contributed by atoms with Gasteiger partial charge in [-0.2, -0.15) is 0 Å². The molecule has 4 nitrogen and oxygen atoms in total. The molecule has 7 heteroatoms. The molecule has 0 radical (unpaired) electrons. The number of rotatable bonds is 3. The van der Waals surface area contributed by atoms with E-state index in [1.165, 1.54) is 30.3 Å². The molecule has 0 atom stereocenters. The molecule has 100 valence electrons. The van der Waals surface area contributed by atoms with Gasteiger partial charge in [0.1, 0.15) is 10.7 Å². The van der Waals surface area contributed by atoms with Crippen molar-refractivity contribution in [3.8, 4) is 0 Å². The van der Waals surface area contributed by atoms with Crippen LogP contribution in [0, 0.1) is 5.82 Å². The van der Waals surface area contributed by atoms with Crippen molar-refractivity contribution in [2.24, 2.45) is 0 Å². The van der Waals surface area contributed by atoms with Crippen molar-refractivity contribution >= 4 is 33.0 Å². The highest BCUT2D eigenvalue weighted by molar-refractivity contribution is 7.92. The SMILES string of the molecule is Nc1ccc(Cl)c(NS(=O)(=O)c2ccccc2F)c1. The number of sulfonamides is 1. The summed E-state index contributed by atoms with van der Waals surface area (Å²) < 4.78 is 39.8. The van der Waals surface area contributed by atoms with E-state index in [-0.39, 0.29) is 10.7 Å². The van der Waals surface area contributed by atoms with Gasteiger partial charge >= 0.3 is 0 Å². The van der Waals surface area contributed by atoms with Crippen molar-refractivity contribution < 1.29 is 12.8 Å². The summed E-state index contributed by atoms with van der Waals surface area (Å²) in [7, 11) is -4.05. The molecule has 0 aliphatic heterocycles. The molecule has 0 fully saturated rings. The number of benzene rings is 2. The number of nitrogens with one attached hydrogen (secondary N) is 1. The van der Waals surface area contributed by atoms with Crippen LogP contribution < -0.4 is 10.5 Å². The van der Waals surface area contributed by atoms with Gasteiger partial charge in [0.15, 0.2) is 0 Å². The molecular weight excluding hydrogens is 291 g/mol. The molecule has 19 heavy (non-hydrogen) atoms. The van der Waals surface area contributed by atoms with Crippen LogP contribution in [0.1, 0.15) is 0 Å². The van der Waals surface area contributed by atoms with Crippen LogP contribution in [-0.2, 0) is 10.0 Å². The quantitative estimate of drug-likeness (QED) is 0.856. The Balaban J connectivity index is 2.43. The van der Waals surface area contributed by atoms with E-state index >= 15 is 0 Å². The van der Waals surface area contributed by atoms with Crippen molar-refractivity contribution in [2.75, 3.05) is 10.5 Å². The van der Waals surface area contributed by atoms with Gasteiger partial charge in [-0.3, -0.25) is 4.72 Å². The molecule has 0 spiro atoms. The first-order valence-electron chi connectivity index (χ1n) is 5.22. The molecule has 0 saturated carbocycles. The fourth-order valence-corrected chi connectivity index (χ4v) is 2.86. The molecule has 0 amide bonds. The molecule has 2 rings (SSSR count). The Morgan fingerprint density at radius 1 is 1.16 bits per heavy atom. The normalized spacial score (nSPS) is 11.3. The minimum atomic E-state index is -4.05. The van der Waals surface area contributed by atoms with Crippen LogP contribution in [0.4, 0.5) is 15.8 Å². The molecule has 2 aromatic rings. The highest BCUT2D eigenvalue weighted by atomic mass is 35.5. The second-order valence-electron chi connectivity index (χ2n) is 3.78. The van der Waals surface area contributed by atoms with Gasteiger partial charge in [-0.25, -0.2) is 12.8 Å². The molecule has 0 saturated heterocycles. The zero-order valence-corrected chi connectivity index (χ0v) is 11.2. The average Bonchev–Trinajstić information content (AvgIpc) is 2.34. The third-order valence-electron chi connectivity index (χ3n) is 2.36. The van der Waals surface area contributed by atoms with Crippen molar-refractivity contribution in [3.05, 3.63) is 53.3 Å². The lowest BCUT2D eigenvalue weighted by molar-refractivity contribution is 0.570. The smallest absolute Gasteiger partial charge is 0.264 e. The largest absolute Gasteiger partial charge is 0.399 e. The predicted molar refractivity (Wildman–Crippen MR) is 73.1 cm³/mol. The minimum absolute atomic E-state index is 0.102. The first-order chi connectivity index (χ1) is 8.90. The maximum absolute atomic E-state index is 13.5. The number of hydrogen-bond donors (Lipinski definition) is 2. The zero-order valence-electron chi connectivity index (χ0n) is 9.60. The highest BCUT2D eigenvalue weighted by Crippen LogP contribution is 2.27. The van der Waals surface area contributed by atoms with Gasteiger partial charge in [0, 0.05) is 5.69 Å². The maximum atomic E-state index is 13.5. The summed E-state index contributed by atoms with van der Waals surface area (Å²) in [5.41, 5.74) is 5.99. The summed E-state index contributed by atoms with van der Waals surface area (Å²) in [5.74, 6) is -0.838. The van der Waals surface area contributed by atoms with Gasteiger partial charge in [0.05, 0.1) is 10.7 Å². The topological polar surface area (TPSA) is 72.2 Å². The number of halogens is 2. The lowest BCUT2D eigenvalue weighted by Gasteiger charge is -2.10. The molecule has 0 aliphatic rings. The van der Waals surface area contributed by atoms with Gasteiger partial charge in [-0.15, -0.1) is 0 Å². The molecule has 0 aliphatic carbocycles. The lowest BCUT2D eigenvalue weighted by Crippen LogP contribution is -2.15. The van der Waals surface area contributed by atoms with Gasteiger partial charge in [-0.05, 0) is 30.3 Å². The number of nitrogens with two attached hydrogens (primary N) is 1. The number of nitrogen functional groups attached to an aromatic ring is 1. The second kappa shape index (κ2) is 5.07. The second-order valence-corrected chi connectivity index (χ2v) is 5.83. The summed E-state index contributed by atoms with van der Waals surface area (Å²) in [6.45, 7) is 0.